The summed E-state index contributed by atoms with van der Waals surface area (Å²) in [5.41, 5.74) is 3.59. The highest BCUT2D eigenvalue weighted by atomic mass is 19.1. The molecular formula is C23H23FN6O3. The molecule has 10 heteroatoms. The molecule has 0 spiro atoms. The van der Waals surface area contributed by atoms with Gasteiger partial charge in [-0.3, -0.25) is 4.68 Å². The molecule has 9 nitrogen and oxygen atoms in total. The van der Waals surface area contributed by atoms with E-state index in [4.69, 9.17) is 4.74 Å². The van der Waals surface area contributed by atoms with Gasteiger partial charge in [0.2, 0.25) is 0 Å². The van der Waals surface area contributed by atoms with Crippen molar-refractivity contribution in [2.45, 2.75) is 39.2 Å². The fourth-order valence-corrected chi connectivity index (χ4v) is 3.30. The molecule has 170 valence electrons. The average Bonchev–Trinajstić information content (AvgIpc) is 3.10. The number of benzene rings is 1. The number of aryl methyl sites for hydroxylation is 2. The van der Waals surface area contributed by atoms with Gasteiger partial charge in [0.1, 0.15) is 5.82 Å². The van der Waals surface area contributed by atoms with Crippen LogP contribution in [0.1, 0.15) is 31.5 Å². The normalized spacial score (nSPS) is 11.5. The van der Waals surface area contributed by atoms with Gasteiger partial charge in [-0.1, -0.05) is 0 Å². The number of nitrogens with one attached hydrogen (secondary N) is 1. The first kappa shape index (κ1) is 22.3. The number of aromatic nitrogens is 5. The second-order valence-corrected chi connectivity index (χ2v) is 8.22. The Labute approximate surface area is 189 Å². The predicted octanol–water partition coefficient (Wildman–Crippen LogP) is 3.78. The molecule has 1 aromatic carbocycles. The van der Waals surface area contributed by atoms with Crippen molar-refractivity contribution in [1.29, 1.82) is 0 Å². The molecule has 0 unspecified atom stereocenters. The summed E-state index contributed by atoms with van der Waals surface area (Å²) in [6, 6.07) is 5.98. The number of hydrogen-bond acceptors (Lipinski definition) is 7. The smallest absolute Gasteiger partial charge is 0.406 e. The highest BCUT2D eigenvalue weighted by molar-refractivity contribution is 5.87. The van der Waals surface area contributed by atoms with Crippen LogP contribution in [-0.4, -0.2) is 41.4 Å². The molecule has 0 aliphatic rings. The van der Waals surface area contributed by atoms with Crippen molar-refractivity contribution in [3.63, 3.8) is 0 Å². The van der Waals surface area contributed by atoms with E-state index in [1.807, 2.05) is 0 Å². The lowest BCUT2D eigenvalue weighted by Crippen LogP contribution is -2.25. The molecule has 0 fully saturated rings. The third kappa shape index (κ3) is 5.29. The zero-order chi connectivity index (χ0) is 23.6. The third-order valence-corrected chi connectivity index (χ3v) is 4.97. The van der Waals surface area contributed by atoms with Crippen molar-refractivity contribution in [3.8, 4) is 17.4 Å². The number of rotatable bonds is 6. The van der Waals surface area contributed by atoms with Gasteiger partial charge in [-0.2, -0.15) is 0 Å². The number of carbonyl (C=O) groups excluding carboxylic acids is 1. The van der Waals surface area contributed by atoms with E-state index in [1.165, 1.54) is 23.0 Å². The van der Waals surface area contributed by atoms with Gasteiger partial charge in [-0.15, -0.1) is 0 Å². The number of amides is 1. The summed E-state index contributed by atoms with van der Waals surface area (Å²) in [7, 11) is 0. The van der Waals surface area contributed by atoms with Gasteiger partial charge in [-0.25, -0.2) is 34.5 Å². The van der Waals surface area contributed by atoms with Crippen LogP contribution in [-0.2, 0) is 6.42 Å². The van der Waals surface area contributed by atoms with Crippen LogP contribution >= 0.6 is 0 Å². The Kier molecular flexibility index (Phi) is 6.01. The Morgan fingerprint density at radius 2 is 1.97 bits per heavy atom. The van der Waals surface area contributed by atoms with E-state index in [9.17, 15) is 14.3 Å². The Balaban J connectivity index is 1.53. The van der Waals surface area contributed by atoms with Crippen molar-refractivity contribution in [2.75, 3.05) is 5.43 Å². The highest BCUT2D eigenvalue weighted by Gasteiger charge is 2.18. The molecule has 4 aromatic rings. The van der Waals surface area contributed by atoms with Crippen LogP contribution in [0.5, 0.6) is 5.75 Å². The van der Waals surface area contributed by atoms with Crippen molar-refractivity contribution >= 4 is 17.0 Å². The molecule has 3 aromatic heterocycles. The van der Waals surface area contributed by atoms with Gasteiger partial charge >= 0.3 is 6.09 Å². The Hall–Kier alpha value is -3.92. The Morgan fingerprint density at radius 3 is 2.67 bits per heavy atom. The molecule has 33 heavy (non-hydrogen) atoms. The summed E-state index contributed by atoms with van der Waals surface area (Å²) in [5.74, 6) is 0.469. The summed E-state index contributed by atoms with van der Waals surface area (Å²) < 4.78 is 20.7. The number of ether oxygens (including phenoxy) is 1. The molecule has 0 bridgehead atoms. The largest absolute Gasteiger partial charge is 0.432 e. The van der Waals surface area contributed by atoms with Crippen LogP contribution in [0.15, 0.2) is 49.1 Å². The zero-order valence-electron chi connectivity index (χ0n) is 18.4. The summed E-state index contributed by atoms with van der Waals surface area (Å²) in [4.78, 5) is 29.3. The van der Waals surface area contributed by atoms with Crippen LogP contribution in [0.25, 0.3) is 22.6 Å². The van der Waals surface area contributed by atoms with E-state index < -0.39 is 11.7 Å². The molecular weight excluding hydrogens is 427 g/mol. The Morgan fingerprint density at radius 1 is 1.21 bits per heavy atom. The maximum absolute atomic E-state index is 13.9. The van der Waals surface area contributed by atoms with Gasteiger partial charge in [0.05, 0.1) is 23.0 Å². The van der Waals surface area contributed by atoms with E-state index in [0.29, 0.717) is 41.1 Å². The van der Waals surface area contributed by atoms with Gasteiger partial charge in [-0.05, 0) is 63.4 Å². The number of aliphatic hydroxyl groups is 1. The SMILES string of the molecule is Cc1nc(-c2ncccn2)ncc1OC(=O)Nn1cc(CCC(C)(C)O)c2cc(F)ccc21. The minimum atomic E-state index is -0.872. The highest BCUT2D eigenvalue weighted by Crippen LogP contribution is 2.25. The van der Waals surface area contributed by atoms with Crippen LogP contribution in [0, 0.1) is 12.7 Å². The molecule has 0 atom stereocenters. The van der Waals surface area contributed by atoms with Crippen LogP contribution < -0.4 is 10.2 Å². The molecule has 0 aliphatic carbocycles. The van der Waals surface area contributed by atoms with Gasteiger partial charge in [0.15, 0.2) is 17.4 Å². The molecule has 1 amide bonds. The number of nitrogens with zero attached hydrogens (tertiary/aromatic N) is 5. The molecule has 0 aliphatic heterocycles. The molecule has 0 saturated carbocycles. The molecule has 0 radical (unpaired) electrons. The second-order valence-electron chi connectivity index (χ2n) is 8.22. The van der Waals surface area contributed by atoms with Crippen molar-refractivity contribution in [2.24, 2.45) is 0 Å². The molecule has 3 heterocycles. The summed E-state index contributed by atoms with van der Waals surface area (Å²) in [6.07, 6.45) is 6.45. The van der Waals surface area contributed by atoms with E-state index in [1.54, 1.807) is 51.5 Å². The van der Waals surface area contributed by atoms with Crippen LogP contribution in [0.3, 0.4) is 0 Å². The fraction of sp³-hybridized carbons (Fsp3) is 0.261. The van der Waals surface area contributed by atoms with E-state index in [2.05, 4.69) is 25.4 Å². The molecule has 2 N–H and O–H groups in total. The third-order valence-electron chi connectivity index (χ3n) is 4.97. The lowest BCUT2D eigenvalue weighted by atomic mass is 9.99. The number of halogens is 1. The zero-order valence-corrected chi connectivity index (χ0v) is 18.4. The maximum atomic E-state index is 13.9. The lowest BCUT2D eigenvalue weighted by molar-refractivity contribution is 0.0715. The number of carbonyl (C=O) groups is 1. The molecule has 4 rings (SSSR count). The first-order valence-corrected chi connectivity index (χ1v) is 10.3. The predicted molar refractivity (Wildman–Crippen MR) is 120 cm³/mol. The first-order valence-electron chi connectivity index (χ1n) is 10.3. The summed E-state index contributed by atoms with van der Waals surface area (Å²) in [6.45, 7) is 5.10. The number of hydrogen-bond donors (Lipinski definition) is 2. The van der Waals surface area contributed by atoms with E-state index in [0.717, 1.165) is 5.56 Å². The van der Waals surface area contributed by atoms with Gasteiger partial charge < -0.3 is 9.84 Å². The monoisotopic (exact) mass is 450 g/mol. The molecule has 0 saturated heterocycles. The van der Waals surface area contributed by atoms with Crippen molar-refractivity contribution in [3.05, 3.63) is 66.1 Å². The summed E-state index contributed by atoms with van der Waals surface area (Å²) in [5, 5.41) is 10.7. The maximum Gasteiger partial charge on any atom is 0.432 e. The lowest BCUT2D eigenvalue weighted by Gasteiger charge is -2.16. The standard InChI is InChI=1S/C23H23FN6O3/c1-14-19(12-27-21(28-14)20-25-9-4-10-26-20)33-22(31)29-30-13-15(7-8-23(2,3)32)17-11-16(24)5-6-18(17)30/h4-6,9-13,32H,7-8H2,1-3H3,(H,29,31). The quantitative estimate of drug-likeness (QED) is 0.459. The van der Waals surface area contributed by atoms with Crippen molar-refractivity contribution < 1.29 is 19.0 Å². The summed E-state index contributed by atoms with van der Waals surface area (Å²) >= 11 is 0. The minimum absolute atomic E-state index is 0.178. The average molecular weight is 450 g/mol. The van der Waals surface area contributed by atoms with Gasteiger partial charge in [0.25, 0.3) is 0 Å². The second kappa shape index (κ2) is 8.91. The van der Waals surface area contributed by atoms with Crippen molar-refractivity contribution in [1.82, 2.24) is 24.6 Å². The van der Waals surface area contributed by atoms with E-state index >= 15 is 0 Å². The van der Waals surface area contributed by atoms with E-state index in [-0.39, 0.29) is 11.6 Å². The van der Waals surface area contributed by atoms with Gasteiger partial charge in [0, 0.05) is 24.0 Å². The first-order chi connectivity index (χ1) is 15.7. The minimum Gasteiger partial charge on any atom is -0.406 e. The van der Waals surface area contributed by atoms with Crippen LogP contribution in [0.4, 0.5) is 9.18 Å². The number of fused-ring (bicyclic) bond motifs is 1. The topological polar surface area (TPSA) is 115 Å². The van der Waals surface area contributed by atoms with Crippen LogP contribution in [0.2, 0.25) is 0 Å². The fourth-order valence-electron chi connectivity index (χ4n) is 3.30. The Bertz CT molecular complexity index is 1300.